The molecule has 3 rings (SSSR count). The van der Waals surface area contributed by atoms with E-state index in [1.165, 1.54) is 11.8 Å². The van der Waals surface area contributed by atoms with Gasteiger partial charge in [-0.3, -0.25) is 9.59 Å². The normalized spacial score (nSPS) is 16.2. The average molecular weight is 382 g/mol. The highest BCUT2D eigenvalue weighted by molar-refractivity contribution is 8.01. The van der Waals surface area contributed by atoms with Crippen LogP contribution < -0.4 is 5.32 Å². The number of esters is 1. The summed E-state index contributed by atoms with van der Waals surface area (Å²) in [5, 5.41) is 3.16. The first-order valence-corrected chi connectivity index (χ1v) is 8.83. The molecule has 0 spiro atoms. The lowest BCUT2D eigenvalue weighted by Gasteiger charge is -2.23. The summed E-state index contributed by atoms with van der Waals surface area (Å²) in [4.78, 5) is 25.1. The van der Waals surface area contributed by atoms with Gasteiger partial charge in [0.05, 0.1) is 17.4 Å². The SMILES string of the molecule is O=C(C[C@H]1Sc2ccccc2NC1=O)OCc1c(Cl)cccc1Cl. The lowest BCUT2D eigenvalue weighted by Crippen LogP contribution is -2.31. The van der Waals surface area contributed by atoms with Gasteiger partial charge >= 0.3 is 5.97 Å². The van der Waals surface area contributed by atoms with Gasteiger partial charge in [0, 0.05) is 20.5 Å². The van der Waals surface area contributed by atoms with Crippen LogP contribution in [-0.4, -0.2) is 17.1 Å². The van der Waals surface area contributed by atoms with Crippen LogP contribution in [0.25, 0.3) is 0 Å². The number of rotatable bonds is 4. The van der Waals surface area contributed by atoms with Crippen molar-refractivity contribution in [2.75, 3.05) is 5.32 Å². The van der Waals surface area contributed by atoms with Gasteiger partial charge in [-0.25, -0.2) is 0 Å². The molecule has 0 saturated carbocycles. The van der Waals surface area contributed by atoms with Crippen molar-refractivity contribution in [3.05, 3.63) is 58.1 Å². The van der Waals surface area contributed by atoms with Gasteiger partial charge in [-0.05, 0) is 24.3 Å². The fourth-order valence-corrected chi connectivity index (χ4v) is 3.86. The van der Waals surface area contributed by atoms with E-state index in [4.69, 9.17) is 27.9 Å². The number of ether oxygens (including phenoxy) is 1. The van der Waals surface area contributed by atoms with Gasteiger partial charge in [0.2, 0.25) is 5.91 Å². The molecule has 0 bridgehead atoms. The van der Waals surface area contributed by atoms with Crippen LogP contribution in [0.2, 0.25) is 10.0 Å². The van der Waals surface area contributed by atoms with Crippen molar-refractivity contribution < 1.29 is 14.3 Å². The quantitative estimate of drug-likeness (QED) is 0.789. The van der Waals surface area contributed by atoms with E-state index in [2.05, 4.69) is 5.32 Å². The second kappa shape index (κ2) is 7.47. The molecule has 7 heteroatoms. The maximum absolute atomic E-state index is 12.1. The highest BCUT2D eigenvalue weighted by Gasteiger charge is 2.29. The Morgan fingerprint density at radius 1 is 1.12 bits per heavy atom. The number of para-hydroxylation sites is 1. The minimum Gasteiger partial charge on any atom is -0.461 e. The van der Waals surface area contributed by atoms with E-state index < -0.39 is 11.2 Å². The van der Waals surface area contributed by atoms with Crippen molar-refractivity contribution in [2.24, 2.45) is 0 Å². The van der Waals surface area contributed by atoms with Gasteiger partial charge in [0.25, 0.3) is 0 Å². The minimum absolute atomic E-state index is 0.0209. The molecule has 0 aliphatic carbocycles. The Hall–Kier alpha value is -1.69. The summed E-state index contributed by atoms with van der Waals surface area (Å²) in [5.74, 6) is -0.676. The molecule has 124 valence electrons. The Morgan fingerprint density at radius 2 is 1.83 bits per heavy atom. The number of carbonyl (C=O) groups is 2. The van der Waals surface area contributed by atoms with Gasteiger partial charge in [0.15, 0.2) is 0 Å². The summed E-state index contributed by atoms with van der Waals surface area (Å²) in [5.41, 5.74) is 1.32. The van der Waals surface area contributed by atoms with Crippen LogP contribution in [0.1, 0.15) is 12.0 Å². The number of anilines is 1. The van der Waals surface area contributed by atoms with Crippen LogP contribution in [0.5, 0.6) is 0 Å². The standard InChI is InChI=1S/C17H13Cl2NO3S/c18-11-4-3-5-12(19)10(11)9-23-16(21)8-15-17(22)20-13-6-1-2-7-14(13)24-15/h1-7,15H,8-9H2,(H,20,22)/t15-/m1/s1. The maximum Gasteiger partial charge on any atom is 0.307 e. The number of nitrogens with one attached hydrogen (secondary N) is 1. The van der Waals surface area contributed by atoms with Gasteiger partial charge in [0.1, 0.15) is 6.61 Å². The summed E-state index contributed by atoms with van der Waals surface area (Å²) < 4.78 is 5.23. The number of amides is 1. The molecule has 0 aromatic heterocycles. The number of benzene rings is 2. The van der Waals surface area contributed by atoms with E-state index in [9.17, 15) is 9.59 Å². The highest BCUT2D eigenvalue weighted by atomic mass is 35.5. The zero-order chi connectivity index (χ0) is 17.1. The number of thioether (sulfide) groups is 1. The Kier molecular flexibility index (Phi) is 5.33. The summed E-state index contributed by atoms with van der Waals surface area (Å²) in [7, 11) is 0. The van der Waals surface area contributed by atoms with Crippen molar-refractivity contribution in [3.8, 4) is 0 Å². The number of hydrogen-bond donors (Lipinski definition) is 1. The van der Waals surface area contributed by atoms with E-state index in [0.717, 1.165) is 10.6 Å². The van der Waals surface area contributed by atoms with Crippen molar-refractivity contribution >= 4 is 52.5 Å². The van der Waals surface area contributed by atoms with E-state index in [0.29, 0.717) is 15.6 Å². The molecule has 24 heavy (non-hydrogen) atoms. The van der Waals surface area contributed by atoms with Crippen molar-refractivity contribution in [2.45, 2.75) is 23.2 Å². The van der Waals surface area contributed by atoms with E-state index in [1.54, 1.807) is 18.2 Å². The molecule has 1 N–H and O–H groups in total. The second-order valence-electron chi connectivity index (χ2n) is 5.16. The summed E-state index contributed by atoms with van der Waals surface area (Å²) in [6.07, 6.45) is -0.0209. The van der Waals surface area contributed by atoms with Crippen molar-refractivity contribution in [1.82, 2.24) is 0 Å². The smallest absolute Gasteiger partial charge is 0.307 e. The molecule has 1 aliphatic rings. The summed E-state index contributed by atoms with van der Waals surface area (Å²) in [6.45, 7) is -0.0209. The van der Waals surface area contributed by atoms with Crippen LogP contribution in [-0.2, 0) is 20.9 Å². The minimum atomic E-state index is -0.519. The third-order valence-electron chi connectivity index (χ3n) is 3.50. The monoisotopic (exact) mass is 381 g/mol. The van der Waals surface area contributed by atoms with E-state index >= 15 is 0 Å². The molecule has 0 unspecified atom stereocenters. The Morgan fingerprint density at radius 3 is 2.58 bits per heavy atom. The molecular formula is C17H13Cl2NO3S. The Labute approximate surface area is 153 Å². The lowest BCUT2D eigenvalue weighted by atomic mass is 10.2. The highest BCUT2D eigenvalue weighted by Crippen LogP contribution is 2.36. The zero-order valence-corrected chi connectivity index (χ0v) is 14.8. The molecular weight excluding hydrogens is 369 g/mol. The Bertz CT molecular complexity index is 777. The molecule has 1 amide bonds. The first kappa shape index (κ1) is 17.1. The van der Waals surface area contributed by atoms with Crippen LogP contribution in [0.4, 0.5) is 5.69 Å². The number of hydrogen-bond acceptors (Lipinski definition) is 4. The summed E-state index contributed by atoms with van der Waals surface area (Å²) >= 11 is 13.4. The first-order valence-electron chi connectivity index (χ1n) is 7.19. The maximum atomic E-state index is 12.1. The second-order valence-corrected chi connectivity index (χ2v) is 7.22. The molecule has 4 nitrogen and oxygen atoms in total. The fraction of sp³-hybridized carbons (Fsp3) is 0.176. The molecule has 1 aliphatic heterocycles. The topological polar surface area (TPSA) is 55.4 Å². The fourth-order valence-electron chi connectivity index (χ4n) is 2.26. The number of carbonyl (C=O) groups excluding carboxylic acids is 2. The van der Waals surface area contributed by atoms with E-state index in [1.807, 2.05) is 24.3 Å². The lowest BCUT2D eigenvalue weighted by molar-refractivity contribution is -0.145. The molecule has 1 atom stereocenters. The van der Waals surface area contributed by atoms with Gasteiger partial charge in [-0.2, -0.15) is 0 Å². The van der Waals surface area contributed by atoms with Crippen LogP contribution in [0.15, 0.2) is 47.4 Å². The van der Waals surface area contributed by atoms with Gasteiger partial charge < -0.3 is 10.1 Å². The molecule has 2 aromatic rings. The third-order valence-corrected chi connectivity index (χ3v) is 5.48. The summed E-state index contributed by atoms with van der Waals surface area (Å²) in [6, 6.07) is 12.5. The number of halogens is 2. The predicted molar refractivity (Wildman–Crippen MR) is 95.6 cm³/mol. The largest absolute Gasteiger partial charge is 0.461 e. The zero-order valence-electron chi connectivity index (χ0n) is 12.4. The third kappa shape index (κ3) is 3.86. The van der Waals surface area contributed by atoms with Gasteiger partial charge in [-0.15, -0.1) is 11.8 Å². The van der Waals surface area contributed by atoms with Crippen molar-refractivity contribution in [1.29, 1.82) is 0 Å². The first-order chi connectivity index (χ1) is 11.5. The molecule has 0 radical (unpaired) electrons. The molecule has 1 heterocycles. The predicted octanol–water partition coefficient (Wildman–Crippen LogP) is 4.54. The van der Waals surface area contributed by atoms with Crippen LogP contribution >= 0.6 is 35.0 Å². The van der Waals surface area contributed by atoms with Crippen LogP contribution in [0.3, 0.4) is 0 Å². The average Bonchev–Trinajstić information content (AvgIpc) is 2.55. The molecule has 0 saturated heterocycles. The molecule has 0 fully saturated rings. The Balaban J connectivity index is 1.60. The van der Waals surface area contributed by atoms with Gasteiger partial charge in [-0.1, -0.05) is 41.4 Å². The van der Waals surface area contributed by atoms with Crippen LogP contribution in [0, 0.1) is 0 Å². The molecule has 2 aromatic carbocycles. The van der Waals surface area contributed by atoms with Crippen molar-refractivity contribution in [3.63, 3.8) is 0 Å². The van der Waals surface area contributed by atoms with E-state index in [-0.39, 0.29) is 18.9 Å². The number of fused-ring (bicyclic) bond motifs is 1.